The number of nitrogen functional groups attached to an aromatic ring is 1. The van der Waals surface area contributed by atoms with E-state index in [0.29, 0.717) is 10.7 Å². The van der Waals surface area contributed by atoms with Gasteiger partial charge in [0.15, 0.2) is 5.13 Å². The summed E-state index contributed by atoms with van der Waals surface area (Å²) in [5, 5.41) is 3.60. The molecule has 1 aromatic heterocycles. The summed E-state index contributed by atoms with van der Waals surface area (Å²) in [6, 6.07) is 5.75. The minimum Gasteiger partial charge on any atom is -0.375 e. The molecule has 0 bridgehead atoms. The number of nitrogens with two attached hydrogens (primary N) is 1. The average Bonchev–Trinajstić information content (AvgIpc) is 2.76. The molecule has 2 rings (SSSR count). The highest BCUT2D eigenvalue weighted by Gasteiger charge is 2.12. The number of carbonyl (C=O) groups is 1. The van der Waals surface area contributed by atoms with Gasteiger partial charge in [0, 0.05) is 11.6 Å². The topological polar surface area (TPSA) is 68.0 Å². The minimum absolute atomic E-state index is 0.0193. The molecule has 19 heavy (non-hydrogen) atoms. The number of anilines is 1. The summed E-state index contributed by atoms with van der Waals surface area (Å²) in [6.07, 6.45) is 3.04. The number of fused-ring (bicyclic) bond motifs is 1. The van der Waals surface area contributed by atoms with E-state index in [0.717, 1.165) is 29.5 Å². The molecule has 102 valence electrons. The van der Waals surface area contributed by atoms with Crippen LogP contribution in [0.15, 0.2) is 18.2 Å². The molecule has 1 heterocycles. The van der Waals surface area contributed by atoms with Crippen LogP contribution >= 0.6 is 11.3 Å². The number of carbonyl (C=O) groups excluding carboxylic acids is 1. The fraction of sp³-hybridized carbons (Fsp3) is 0.429. The van der Waals surface area contributed by atoms with E-state index in [2.05, 4.69) is 24.1 Å². The van der Waals surface area contributed by atoms with Gasteiger partial charge in [-0.05, 0) is 31.0 Å². The summed E-state index contributed by atoms with van der Waals surface area (Å²) in [7, 11) is 0. The van der Waals surface area contributed by atoms with E-state index in [9.17, 15) is 4.79 Å². The van der Waals surface area contributed by atoms with Crippen LogP contribution in [-0.2, 0) is 0 Å². The lowest BCUT2D eigenvalue weighted by molar-refractivity contribution is 0.0934. The van der Waals surface area contributed by atoms with E-state index in [4.69, 9.17) is 5.73 Å². The van der Waals surface area contributed by atoms with Crippen molar-refractivity contribution in [2.24, 2.45) is 0 Å². The van der Waals surface area contributed by atoms with Crippen molar-refractivity contribution in [3.05, 3.63) is 23.8 Å². The van der Waals surface area contributed by atoms with Crippen LogP contribution in [0.2, 0.25) is 0 Å². The van der Waals surface area contributed by atoms with Gasteiger partial charge in [-0.3, -0.25) is 4.79 Å². The number of nitrogens with zero attached hydrogens (tertiary/aromatic N) is 1. The van der Waals surface area contributed by atoms with Crippen molar-refractivity contribution in [1.82, 2.24) is 10.3 Å². The summed E-state index contributed by atoms with van der Waals surface area (Å²) < 4.78 is 0.952. The van der Waals surface area contributed by atoms with Crippen LogP contribution in [0.25, 0.3) is 10.2 Å². The Balaban J connectivity index is 2.16. The largest absolute Gasteiger partial charge is 0.375 e. The van der Waals surface area contributed by atoms with Crippen molar-refractivity contribution in [2.75, 3.05) is 5.73 Å². The molecule has 2 aromatic rings. The minimum atomic E-state index is -0.0193. The molecule has 5 heteroatoms. The average molecular weight is 277 g/mol. The lowest BCUT2D eigenvalue weighted by Gasteiger charge is -2.15. The molecule has 0 aliphatic heterocycles. The second kappa shape index (κ2) is 6.02. The Morgan fingerprint density at radius 2 is 2.26 bits per heavy atom. The summed E-state index contributed by atoms with van der Waals surface area (Å²) in [4.78, 5) is 16.4. The zero-order valence-corrected chi connectivity index (χ0v) is 12.1. The van der Waals surface area contributed by atoms with Crippen molar-refractivity contribution in [2.45, 2.75) is 39.2 Å². The number of benzene rings is 1. The van der Waals surface area contributed by atoms with Crippen LogP contribution < -0.4 is 11.1 Å². The van der Waals surface area contributed by atoms with Gasteiger partial charge in [0.2, 0.25) is 0 Å². The molecular formula is C14H19N3OS. The van der Waals surface area contributed by atoms with Crippen molar-refractivity contribution < 1.29 is 4.79 Å². The molecule has 0 saturated heterocycles. The Kier molecular flexibility index (Phi) is 4.37. The molecule has 4 nitrogen and oxygen atoms in total. The molecule has 0 fully saturated rings. The van der Waals surface area contributed by atoms with Crippen LogP contribution in [0.3, 0.4) is 0 Å². The maximum absolute atomic E-state index is 12.2. The number of amides is 1. The molecular weight excluding hydrogens is 258 g/mol. The molecule has 0 aliphatic rings. The summed E-state index contributed by atoms with van der Waals surface area (Å²) >= 11 is 1.41. The third-order valence-corrected chi connectivity index (χ3v) is 3.98. The molecule has 1 unspecified atom stereocenters. The van der Waals surface area contributed by atoms with E-state index < -0.39 is 0 Å². The second-order valence-corrected chi connectivity index (χ2v) is 5.66. The smallest absolute Gasteiger partial charge is 0.251 e. The fourth-order valence-corrected chi connectivity index (χ4v) is 2.85. The van der Waals surface area contributed by atoms with Gasteiger partial charge in [0.05, 0.1) is 10.2 Å². The third-order valence-electron chi connectivity index (χ3n) is 3.13. The highest BCUT2D eigenvalue weighted by atomic mass is 32.1. The standard InChI is InChI=1S/C14H19N3OS/c1-3-5-10(4-2)16-13(18)9-6-7-11-12(8-9)19-14(15)17-11/h6-8,10H,3-5H2,1-2H3,(H2,15,17)(H,16,18). The number of aromatic nitrogens is 1. The van der Waals surface area contributed by atoms with Crippen LogP contribution in [0, 0.1) is 0 Å². The fourth-order valence-electron chi connectivity index (χ4n) is 2.08. The molecule has 0 radical (unpaired) electrons. The maximum atomic E-state index is 12.2. The Hall–Kier alpha value is -1.62. The molecule has 1 atom stereocenters. The first-order valence-corrected chi connectivity index (χ1v) is 7.42. The highest BCUT2D eigenvalue weighted by molar-refractivity contribution is 7.22. The van der Waals surface area contributed by atoms with E-state index in [-0.39, 0.29) is 11.9 Å². The Morgan fingerprint density at radius 3 is 2.95 bits per heavy atom. The van der Waals surface area contributed by atoms with Gasteiger partial charge in [-0.15, -0.1) is 0 Å². The molecule has 0 aliphatic carbocycles. The first-order valence-electron chi connectivity index (χ1n) is 6.61. The molecule has 0 saturated carbocycles. The number of rotatable bonds is 5. The molecule has 3 N–H and O–H groups in total. The van der Waals surface area contributed by atoms with Gasteiger partial charge < -0.3 is 11.1 Å². The molecule has 0 spiro atoms. The third kappa shape index (κ3) is 3.23. The van der Waals surface area contributed by atoms with E-state index in [1.807, 2.05) is 12.1 Å². The van der Waals surface area contributed by atoms with Gasteiger partial charge in [-0.1, -0.05) is 31.6 Å². The van der Waals surface area contributed by atoms with E-state index in [1.54, 1.807) is 6.07 Å². The van der Waals surface area contributed by atoms with E-state index >= 15 is 0 Å². The normalized spacial score (nSPS) is 12.5. The second-order valence-electron chi connectivity index (χ2n) is 4.60. The zero-order chi connectivity index (χ0) is 13.8. The van der Waals surface area contributed by atoms with Gasteiger partial charge in [0.1, 0.15) is 0 Å². The van der Waals surface area contributed by atoms with Crippen LogP contribution in [-0.4, -0.2) is 16.9 Å². The Morgan fingerprint density at radius 1 is 1.47 bits per heavy atom. The van der Waals surface area contributed by atoms with E-state index in [1.165, 1.54) is 11.3 Å². The lowest BCUT2D eigenvalue weighted by Crippen LogP contribution is -2.34. The Bertz CT molecular complexity index is 579. The summed E-state index contributed by atoms with van der Waals surface area (Å²) in [5.74, 6) is -0.0193. The lowest BCUT2D eigenvalue weighted by atomic mass is 10.1. The number of hydrogen-bond donors (Lipinski definition) is 2. The highest BCUT2D eigenvalue weighted by Crippen LogP contribution is 2.24. The number of nitrogens with one attached hydrogen (secondary N) is 1. The van der Waals surface area contributed by atoms with Gasteiger partial charge >= 0.3 is 0 Å². The summed E-state index contributed by atoms with van der Waals surface area (Å²) in [6.45, 7) is 4.22. The van der Waals surface area contributed by atoms with Crippen LogP contribution in [0.5, 0.6) is 0 Å². The summed E-state index contributed by atoms with van der Waals surface area (Å²) in [5.41, 5.74) is 7.18. The zero-order valence-electron chi connectivity index (χ0n) is 11.3. The maximum Gasteiger partial charge on any atom is 0.251 e. The Labute approximate surface area is 117 Å². The van der Waals surface area contributed by atoms with Crippen molar-refractivity contribution >= 4 is 32.6 Å². The SMILES string of the molecule is CCCC(CC)NC(=O)c1ccc2nc(N)sc2c1. The predicted molar refractivity (Wildman–Crippen MR) is 80.5 cm³/mol. The van der Waals surface area contributed by atoms with Crippen molar-refractivity contribution in [3.63, 3.8) is 0 Å². The predicted octanol–water partition coefficient (Wildman–Crippen LogP) is 3.19. The van der Waals surface area contributed by atoms with Gasteiger partial charge in [-0.2, -0.15) is 0 Å². The number of hydrogen-bond acceptors (Lipinski definition) is 4. The quantitative estimate of drug-likeness (QED) is 0.882. The van der Waals surface area contributed by atoms with Gasteiger partial charge in [0.25, 0.3) is 5.91 Å². The van der Waals surface area contributed by atoms with Crippen LogP contribution in [0.4, 0.5) is 5.13 Å². The molecule has 1 amide bonds. The van der Waals surface area contributed by atoms with Crippen molar-refractivity contribution in [1.29, 1.82) is 0 Å². The monoisotopic (exact) mass is 277 g/mol. The van der Waals surface area contributed by atoms with Gasteiger partial charge in [-0.25, -0.2) is 4.98 Å². The van der Waals surface area contributed by atoms with Crippen LogP contribution in [0.1, 0.15) is 43.5 Å². The number of thiazole rings is 1. The first-order chi connectivity index (χ1) is 9.13. The molecule has 1 aromatic carbocycles. The first kappa shape index (κ1) is 13.8. The van der Waals surface area contributed by atoms with Crippen molar-refractivity contribution in [3.8, 4) is 0 Å².